The topological polar surface area (TPSA) is 76.0 Å². The second kappa shape index (κ2) is 8.71. The van der Waals surface area contributed by atoms with Crippen molar-refractivity contribution in [2.75, 3.05) is 5.32 Å². The summed E-state index contributed by atoms with van der Waals surface area (Å²) in [5.41, 5.74) is 2.08. The van der Waals surface area contributed by atoms with Crippen LogP contribution < -0.4 is 10.6 Å². The fourth-order valence-corrected chi connectivity index (χ4v) is 4.01. The van der Waals surface area contributed by atoms with Crippen LogP contribution in [0.1, 0.15) is 30.4 Å². The lowest BCUT2D eigenvalue weighted by Crippen LogP contribution is -2.49. The summed E-state index contributed by atoms with van der Waals surface area (Å²) >= 11 is 6.14. The van der Waals surface area contributed by atoms with Gasteiger partial charge >= 0.3 is 0 Å². The number of carbonyl (C=O) groups is 2. The molecule has 30 heavy (non-hydrogen) atoms. The van der Waals surface area contributed by atoms with E-state index in [0.29, 0.717) is 17.3 Å². The Morgan fingerprint density at radius 1 is 1.10 bits per heavy atom. The molecule has 0 aliphatic heterocycles. The lowest BCUT2D eigenvalue weighted by Gasteiger charge is -2.40. The maximum absolute atomic E-state index is 13.0. The predicted molar refractivity (Wildman–Crippen MR) is 116 cm³/mol. The molecule has 2 amide bonds. The summed E-state index contributed by atoms with van der Waals surface area (Å²) < 4.78 is 1.56. The minimum atomic E-state index is -0.500. The molecule has 1 saturated carbocycles. The predicted octanol–water partition coefficient (Wildman–Crippen LogP) is 3.91. The Morgan fingerprint density at radius 3 is 2.63 bits per heavy atom. The molecular weight excluding hydrogens is 400 g/mol. The van der Waals surface area contributed by atoms with Crippen molar-refractivity contribution in [3.05, 3.63) is 83.1 Å². The highest BCUT2D eigenvalue weighted by atomic mass is 35.5. The zero-order valence-corrected chi connectivity index (χ0v) is 17.2. The SMILES string of the molecule is O=C(Cn1cccn1)Nc1cccc(CNC(=O)C2(c3cccc(Cl)c3)CCC2)c1. The highest BCUT2D eigenvalue weighted by molar-refractivity contribution is 6.30. The number of hydrogen-bond donors (Lipinski definition) is 2. The highest BCUT2D eigenvalue weighted by Crippen LogP contribution is 2.44. The fraction of sp³-hybridized carbons (Fsp3) is 0.261. The van der Waals surface area contributed by atoms with Crippen LogP contribution in [0.15, 0.2) is 67.0 Å². The average Bonchev–Trinajstić information content (AvgIpc) is 3.19. The molecule has 0 spiro atoms. The minimum absolute atomic E-state index is 0.0177. The summed E-state index contributed by atoms with van der Waals surface area (Å²) in [4.78, 5) is 25.2. The Bertz CT molecular complexity index is 1040. The van der Waals surface area contributed by atoms with Crippen LogP contribution in [0.25, 0.3) is 0 Å². The molecule has 7 heteroatoms. The van der Waals surface area contributed by atoms with Gasteiger partial charge in [-0.2, -0.15) is 5.10 Å². The van der Waals surface area contributed by atoms with Gasteiger partial charge in [-0.15, -0.1) is 0 Å². The number of benzene rings is 2. The molecule has 154 valence electrons. The fourth-order valence-electron chi connectivity index (χ4n) is 3.82. The van der Waals surface area contributed by atoms with E-state index in [-0.39, 0.29) is 18.4 Å². The minimum Gasteiger partial charge on any atom is -0.351 e. The van der Waals surface area contributed by atoms with Crippen LogP contribution in [0.5, 0.6) is 0 Å². The molecular formula is C23H23ClN4O2. The van der Waals surface area contributed by atoms with Gasteiger partial charge in [-0.25, -0.2) is 0 Å². The number of rotatable bonds is 7. The van der Waals surface area contributed by atoms with Gasteiger partial charge in [0, 0.05) is 29.6 Å². The first-order valence-electron chi connectivity index (χ1n) is 9.96. The summed E-state index contributed by atoms with van der Waals surface area (Å²) in [6.07, 6.45) is 6.04. The third-order valence-electron chi connectivity index (χ3n) is 5.55. The van der Waals surface area contributed by atoms with E-state index in [2.05, 4.69) is 15.7 Å². The lowest BCUT2D eigenvalue weighted by molar-refractivity contribution is -0.130. The first-order valence-corrected chi connectivity index (χ1v) is 10.3. The molecule has 2 N–H and O–H groups in total. The summed E-state index contributed by atoms with van der Waals surface area (Å²) in [6, 6.07) is 16.8. The van der Waals surface area contributed by atoms with E-state index < -0.39 is 5.41 Å². The molecule has 3 aromatic rings. The largest absolute Gasteiger partial charge is 0.351 e. The van der Waals surface area contributed by atoms with E-state index in [4.69, 9.17) is 11.6 Å². The van der Waals surface area contributed by atoms with Gasteiger partial charge in [-0.05, 0) is 54.3 Å². The van der Waals surface area contributed by atoms with Gasteiger partial charge in [0.2, 0.25) is 11.8 Å². The second-order valence-electron chi connectivity index (χ2n) is 7.58. The smallest absolute Gasteiger partial charge is 0.246 e. The molecule has 1 aliphatic rings. The number of aromatic nitrogens is 2. The molecule has 1 heterocycles. The molecule has 2 aromatic carbocycles. The standard InChI is InChI=1S/C23H23ClN4O2/c24-19-7-2-6-18(14-19)23(9-3-10-23)22(30)25-15-17-5-1-8-20(13-17)27-21(29)16-28-12-4-11-26-28/h1-2,4-8,11-14H,3,9-10,15-16H2,(H,25,30)(H,27,29). The van der Waals surface area contributed by atoms with Gasteiger partial charge in [0.05, 0.1) is 5.41 Å². The van der Waals surface area contributed by atoms with Gasteiger partial charge in [-0.1, -0.05) is 42.3 Å². The Morgan fingerprint density at radius 2 is 1.93 bits per heavy atom. The Balaban J connectivity index is 1.38. The van der Waals surface area contributed by atoms with Crippen LogP contribution in [-0.2, 0) is 28.1 Å². The van der Waals surface area contributed by atoms with E-state index in [1.165, 1.54) is 0 Å². The van der Waals surface area contributed by atoms with Crippen LogP contribution in [0.3, 0.4) is 0 Å². The molecule has 0 saturated heterocycles. The molecule has 6 nitrogen and oxygen atoms in total. The van der Waals surface area contributed by atoms with Crippen molar-refractivity contribution in [2.24, 2.45) is 0 Å². The third-order valence-corrected chi connectivity index (χ3v) is 5.78. The maximum Gasteiger partial charge on any atom is 0.246 e. The Hall–Kier alpha value is -3.12. The summed E-state index contributed by atoms with van der Waals surface area (Å²) in [5, 5.41) is 10.6. The Kier molecular flexibility index (Phi) is 5.86. The van der Waals surface area contributed by atoms with Gasteiger partial charge in [-0.3, -0.25) is 14.3 Å². The lowest BCUT2D eigenvalue weighted by atomic mass is 9.64. The van der Waals surface area contributed by atoms with Crippen molar-refractivity contribution in [3.63, 3.8) is 0 Å². The van der Waals surface area contributed by atoms with Gasteiger partial charge in [0.1, 0.15) is 6.54 Å². The molecule has 1 aromatic heterocycles. The van der Waals surface area contributed by atoms with E-state index in [9.17, 15) is 9.59 Å². The zero-order valence-electron chi connectivity index (χ0n) is 16.5. The zero-order chi connectivity index (χ0) is 21.0. The molecule has 0 unspecified atom stereocenters. The number of carbonyl (C=O) groups excluding carboxylic acids is 2. The van der Waals surface area contributed by atoms with Gasteiger partial charge in [0.25, 0.3) is 0 Å². The number of anilines is 1. The van der Waals surface area contributed by atoms with E-state index in [1.807, 2.05) is 48.5 Å². The van der Waals surface area contributed by atoms with Crippen LogP contribution >= 0.6 is 11.6 Å². The summed E-state index contributed by atoms with van der Waals surface area (Å²) in [6.45, 7) is 0.542. The first-order chi connectivity index (χ1) is 14.5. The van der Waals surface area contributed by atoms with Crippen molar-refractivity contribution in [1.82, 2.24) is 15.1 Å². The molecule has 0 atom stereocenters. The molecule has 0 bridgehead atoms. The number of amides is 2. The number of halogens is 1. The van der Waals surface area contributed by atoms with Crippen LogP contribution in [0.2, 0.25) is 5.02 Å². The molecule has 4 rings (SSSR count). The summed E-state index contributed by atoms with van der Waals surface area (Å²) in [5.74, 6) is -0.140. The molecule has 0 radical (unpaired) electrons. The van der Waals surface area contributed by atoms with Crippen molar-refractivity contribution in [1.29, 1.82) is 0 Å². The quantitative estimate of drug-likeness (QED) is 0.606. The highest BCUT2D eigenvalue weighted by Gasteiger charge is 2.45. The monoisotopic (exact) mass is 422 g/mol. The summed E-state index contributed by atoms with van der Waals surface area (Å²) in [7, 11) is 0. The van der Waals surface area contributed by atoms with Crippen LogP contribution in [0.4, 0.5) is 5.69 Å². The molecule has 1 fully saturated rings. The maximum atomic E-state index is 13.0. The van der Waals surface area contributed by atoms with Crippen molar-refractivity contribution in [3.8, 4) is 0 Å². The van der Waals surface area contributed by atoms with Gasteiger partial charge < -0.3 is 10.6 Å². The second-order valence-corrected chi connectivity index (χ2v) is 8.02. The number of nitrogens with one attached hydrogen (secondary N) is 2. The molecule has 1 aliphatic carbocycles. The average molecular weight is 423 g/mol. The van der Waals surface area contributed by atoms with Crippen molar-refractivity contribution < 1.29 is 9.59 Å². The number of hydrogen-bond acceptors (Lipinski definition) is 3. The third kappa shape index (κ3) is 4.39. The van der Waals surface area contributed by atoms with E-state index in [0.717, 1.165) is 30.4 Å². The van der Waals surface area contributed by atoms with Crippen molar-refractivity contribution >= 4 is 29.1 Å². The van der Waals surface area contributed by atoms with Crippen LogP contribution in [-0.4, -0.2) is 21.6 Å². The van der Waals surface area contributed by atoms with Crippen LogP contribution in [0, 0.1) is 0 Å². The van der Waals surface area contributed by atoms with Gasteiger partial charge in [0.15, 0.2) is 0 Å². The van der Waals surface area contributed by atoms with Crippen molar-refractivity contribution in [2.45, 2.75) is 37.8 Å². The van der Waals surface area contributed by atoms with E-state index in [1.54, 1.807) is 23.1 Å². The van der Waals surface area contributed by atoms with E-state index >= 15 is 0 Å². The Labute approximate surface area is 180 Å². The first kappa shape index (κ1) is 20.2. The number of nitrogens with zero attached hydrogens (tertiary/aromatic N) is 2. The normalized spacial score (nSPS) is 14.6.